The first-order chi connectivity index (χ1) is 9.27. The fraction of sp³-hybridized carbons (Fsp3) is 0.562. The Morgan fingerprint density at radius 1 is 1.32 bits per heavy atom. The van der Waals surface area contributed by atoms with Crippen LogP contribution in [0.2, 0.25) is 0 Å². The smallest absolute Gasteiger partial charge is 0.237 e. The van der Waals surface area contributed by atoms with E-state index in [4.69, 9.17) is 0 Å². The normalized spacial score (nSPS) is 14.6. The molecule has 0 spiro atoms. The lowest BCUT2D eigenvalue weighted by molar-refractivity contribution is -0.129. The Balaban J connectivity index is 2.19. The molecule has 0 fully saturated rings. The Labute approximate surface area is 117 Å². The van der Waals surface area contributed by atoms with E-state index in [1.807, 2.05) is 0 Å². The zero-order valence-electron chi connectivity index (χ0n) is 11.9. The molecule has 0 heterocycles. The Bertz CT molecular complexity index is 324. The van der Waals surface area contributed by atoms with E-state index in [1.165, 1.54) is 25.7 Å². The van der Waals surface area contributed by atoms with Crippen LogP contribution < -0.4 is 5.32 Å². The van der Waals surface area contributed by atoms with Gasteiger partial charge < -0.3 is 10.2 Å². The topological polar surface area (TPSA) is 32.3 Å². The maximum atomic E-state index is 11.9. The average Bonchev–Trinajstić information content (AvgIpc) is 2.44. The molecule has 0 bridgehead atoms. The lowest BCUT2D eigenvalue weighted by atomic mass is 9.97. The molecule has 3 heteroatoms. The summed E-state index contributed by atoms with van der Waals surface area (Å²) in [5.74, 6) is 0.109. The number of nitrogens with one attached hydrogen (secondary N) is 1. The minimum atomic E-state index is 0.109. The predicted molar refractivity (Wildman–Crippen MR) is 81.0 cm³/mol. The number of carbonyl (C=O) groups excluding carboxylic acids is 1. The summed E-state index contributed by atoms with van der Waals surface area (Å²) in [6.07, 6.45) is 12.0. The molecule has 1 amide bonds. The van der Waals surface area contributed by atoms with Crippen molar-refractivity contribution < 1.29 is 4.79 Å². The van der Waals surface area contributed by atoms with Gasteiger partial charge in [-0.25, -0.2) is 0 Å². The molecule has 0 saturated carbocycles. The third kappa shape index (κ3) is 6.39. The maximum Gasteiger partial charge on any atom is 0.237 e. The quantitative estimate of drug-likeness (QED) is 0.512. The maximum absolute atomic E-state index is 11.9. The third-order valence-electron chi connectivity index (χ3n) is 3.34. The van der Waals surface area contributed by atoms with E-state index < -0.39 is 0 Å². The van der Waals surface area contributed by atoms with Crippen LogP contribution in [0.1, 0.15) is 32.1 Å². The van der Waals surface area contributed by atoms with Gasteiger partial charge in [0.2, 0.25) is 5.91 Å². The number of carbonyl (C=O) groups is 1. The molecule has 0 atom stereocenters. The van der Waals surface area contributed by atoms with Crippen LogP contribution in [0.3, 0.4) is 0 Å². The average molecular weight is 262 g/mol. The Morgan fingerprint density at radius 3 is 2.63 bits per heavy atom. The number of rotatable bonds is 9. The molecule has 0 radical (unpaired) electrons. The second-order valence-corrected chi connectivity index (χ2v) is 4.91. The summed E-state index contributed by atoms with van der Waals surface area (Å²) in [7, 11) is 0. The Hall–Kier alpha value is -1.35. The molecule has 0 aromatic heterocycles. The second-order valence-electron chi connectivity index (χ2n) is 4.91. The van der Waals surface area contributed by atoms with E-state index in [0.29, 0.717) is 19.6 Å². The van der Waals surface area contributed by atoms with Crippen molar-refractivity contribution >= 4 is 5.91 Å². The molecular formula is C16H26N2O. The van der Waals surface area contributed by atoms with Crippen molar-refractivity contribution in [3.63, 3.8) is 0 Å². The lowest BCUT2D eigenvalue weighted by Gasteiger charge is -2.19. The van der Waals surface area contributed by atoms with Crippen LogP contribution >= 0.6 is 0 Å². The molecular weight excluding hydrogens is 236 g/mol. The molecule has 0 saturated heterocycles. The van der Waals surface area contributed by atoms with Gasteiger partial charge in [0.1, 0.15) is 0 Å². The van der Waals surface area contributed by atoms with Crippen LogP contribution in [0, 0.1) is 0 Å². The van der Waals surface area contributed by atoms with Crippen LogP contribution in [-0.2, 0) is 4.79 Å². The van der Waals surface area contributed by atoms with Crippen LogP contribution in [0.4, 0.5) is 0 Å². The molecule has 0 aromatic carbocycles. The van der Waals surface area contributed by atoms with Gasteiger partial charge in [0.15, 0.2) is 0 Å². The molecule has 0 unspecified atom stereocenters. The largest absolute Gasteiger partial charge is 0.334 e. The summed E-state index contributed by atoms with van der Waals surface area (Å²) in [6.45, 7) is 9.78. The second kappa shape index (κ2) is 9.56. The van der Waals surface area contributed by atoms with E-state index in [0.717, 1.165) is 13.0 Å². The summed E-state index contributed by atoms with van der Waals surface area (Å²) in [5, 5.41) is 3.23. The van der Waals surface area contributed by atoms with Gasteiger partial charge in [-0.1, -0.05) is 23.8 Å². The van der Waals surface area contributed by atoms with E-state index in [2.05, 4.69) is 24.6 Å². The monoisotopic (exact) mass is 262 g/mol. The van der Waals surface area contributed by atoms with Crippen LogP contribution in [0.15, 0.2) is 37.0 Å². The summed E-state index contributed by atoms with van der Waals surface area (Å²) in [6, 6.07) is 0. The number of amides is 1. The van der Waals surface area contributed by atoms with Gasteiger partial charge in [0.05, 0.1) is 6.54 Å². The lowest BCUT2D eigenvalue weighted by Crippen LogP contribution is -2.38. The van der Waals surface area contributed by atoms with Crippen molar-refractivity contribution in [3.8, 4) is 0 Å². The molecule has 106 valence electrons. The number of nitrogens with zero attached hydrogens (tertiary/aromatic N) is 1. The highest BCUT2D eigenvalue weighted by molar-refractivity contribution is 5.78. The van der Waals surface area contributed by atoms with Crippen LogP contribution in [0.5, 0.6) is 0 Å². The first kappa shape index (κ1) is 15.7. The molecule has 0 aliphatic heterocycles. The van der Waals surface area contributed by atoms with Crippen LogP contribution in [0.25, 0.3) is 0 Å². The highest BCUT2D eigenvalue weighted by atomic mass is 16.2. The van der Waals surface area contributed by atoms with Crippen molar-refractivity contribution in [2.24, 2.45) is 0 Å². The van der Waals surface area contributed by atoms with Crippen LogP contribution in [-0.4, -0.2) is 37.0 Å². The summed E-state index contributed by atoms with van der Waals surface area (Å²) in [4.78, 5) is 13.7. The summed E-state index contributed by atoms with van der Waals surface area (Å²) in [5.41, 5.74) is 1.54. The summed E-state index contributed by atoms with van der Waals surface area (Å²) < 4.78 is 0. The van der Waals surface area contributed by atoms with Gasteiger partial charge >= 0.3 is 0 Å². The zero-order valence-corrected chi connectivity index (χ0v) is 11.9. The van der Waals surface area contributed by atoms with E-state index >= 15 is 0 Å². The minimum absolute atomic E-state index is 0.109. The van der Waals surface area contributed by atoms with Crippen molar-refractivity contribution in [1.29, 1.82) is 0 Å². The first-order valence-corrected chi connectivity index (χ1v) is 7.16. The van der Waals surface area contributed by atoms with Gasteiger partial charge in [-0.05, 0) is 38.6 Å². The SMILES string of the molecule is C=CCN(CC=C)C(=O)CNCCC1=CCCCC1. The van der Waals surface area contributed by atoms with Gasteiger partial charge in [0, 0.05) is 13.1 Å². The molecule has 1 aliphatic carbocycles. The van der Waals surface area contributed by atoms with Crippen molar-refractivity contribution in [1.82, 2.24) is 10.2 Å². The fourth-order valence-corrected chi connectivity index (χ4v) is 2.28. The van der Waals surface area contributed by atoms with E-state index in [1.54, 1.807) is 22.6 Å². The number of allylic oxidation sites excluding steroid dienone is 1. The Morgan fingerprint density at radius 2 is 2.05 bits per heavy atom. The van der Waals surface area contributed by atoms with E-state index in [9.17, 15) is 4.79 Å². The highest BCUT2D eigenvalue weighted by Crippen LogP contribution is 2.19. The van der Waals surface area contributed by atoms with Crippen molar-refractivity contribution in [3.05, 3.63) is 37.0 Å². The molecule has 1 rings (SSSR count). The Kier molecular flexibility index (Phi) is 7.91. The van der Waals surface area contributed by atoms with Gasteiger partial charge in [0.25, 0.3) is 0 Å². The van der Waals surface area contributed by atoms with Gasteiger partial charge in [-0.3, -0.25) is 4.79 Å². The minimum Gasteiger partial charge on any atom is -0.334 e. The molecule has 0 aromatic rings. The molecule has 3 nitrogen and oxygen atoms in total. The predicted octanol–water partition coefficient (Wildman–Crippen LogP) is 2.67. The van der Waals surface area contributed by atoms with Gasteiger partial charge in [-0.2, -0.15) is 0 Å². The van der Waals surface area contributed by atoms with Crippen molar-refractivity contribution in [2.45, 2.75) is 32.1 Å². The molecule has 19 heavy (non-hydrogen) atoms. The standard InChI is InChI=1S/C16H26N2O/c1-3-12-18(13-4-2)16(19)14-17-11-10-15-8-6-5-7-9-15/h3-4,8,17H,1-2,5-7,9-14H2. The molecule has 1 aliphatic rings. The summed E-state index contributed by atoms with van der Waals surface area (Å²) >= 11 is 0. The fourth-order valence-electron chi connectivity index (χ4n) is 2.28. The molecule has 1 N–H and O–H groups in total. The van der Waals surface area contributed by atoms with E-state index in [-0.39, 0.29) is 5.91 Å². The highest BCUT2D eigenvalue weighted by Gasteiger charge is 2.10. The number of hydrogen-bond donors (Lipinski definition) is 1. The van der Waals surface area contributed by atoms with Gasteiger partial charge in [-0.15, -0.1) is 13.2 Å². The number of hydrogen-bond acceptors (Lipinski definition) is 2. The van der Waals surface area contributed by atoms with Crippen molar-refractivity contribution in [2.75, 3.05) is 26.2 Å². The third-order valence-corrected chi connectivity index (χ3v) is 3.34. The first-order valence-electron chi connectivity index (χ1n) is 7.16. The zero-order chi connectivity index (χ0) is 13.9.